The van der Waals surface area contributed by atoms with Crippen molar-refractivity contribution < 1.29 is 0 Å². The van der Waals surface area contributed by atoms with Gasteiger partial charge in [-0.3, -0.25) is 0 Å². The predicted octanol–water partition coefficient (Wildman–Crippen LogP) is 2.98. The number of hydrogen-bond acceptors (Lipinski definition) is 1. The lowest BCUT2D eigenvalue weighted by Gasteiger charge is -1.98. The van der Waals surface area contributed by atoms with Gasteiger partial charge in [0, 0.05) is 0 Å². The van der Waals surface area contributed by atoms with Crippen molar-refractivity contribution in [3.8, 4) is 6.07 Å². The van der Waals surface area contributed by atoms with E-state index in [0.717, 1.165) is 0 Å². The van der Waals surface area contributed by atoms with Crippen LogP contribution < -0.4 is 0 Å². The molecule has 0 aromatic heterocycles. The standard InChI is InChI=1S/C11H11N/c1-3-9(2)11-6-4-10(8-12)5-7-11/h3-7H,1-2H3/b9-3+. The van der Waals surface area contributed by atoms with Crippen LogP contribution in [0.3, 0.4) is 0 Å². The fourth-order valence-electron chi connectivity index (χ4n) is 0.974. The molecule has 0 aliphatic carbocycles. The van der Waals surface area contributed by atoms with Crippen molar-refractivity contribution in [1.29, 1.82) is 5.26 Å². The molecule has 0 saturated carbocycles. The van der Waals surface area contributed by atoms with Crippen LogP contribution in [0, 0.1) is 11.3 Å². The van der Waals surface area contributed by atoms with Gasteiger partial charge in [-0.15, -0.1) is 0 Å². The zero-order chi connectivity index (χ0) is 8.97. The van der Waals surface area contributed by atoms with Crippen molar-refractivity contribution in [1.82, 2.24) is 0 Å². The average molecular weight is 157 g/mol. The molecule has 0 amide bonds. The first-order valence-electron chi connectivity index (χ1n) is 3.91. The molecule has 0 bridgehead atoms. The molecule has 0 saturated heterocycles. The lowest BCUT2D eigenvalue weighted by Crippen LogP contribution is -1.79. The van der Waals surface area contributed by atoms with Gasteiger partial charge in [0.1, 0.15) is 0 Å². The summed E-state index contributed by atoms with van der Waals surface area (Å²) in [6.07, 6.45) is 2.06. The molecular weight excluding hydrogens is 146 g/mol. The Hall–Kier alpha value is -1.55. The Balaban J connectivity index is 3.02. The van der Waals surface area contributed by atoms with Gasteiger partial charge in [0.15, 0.2) is 0 Å². The normalized spacial score (nSPS) is 10.9. The minimum Gasteiger partial charge on any atom is -0.192 e. The largest absolute Gasteiger partial charge is 0.192 e. The van der Waals surface area contributed by atoms with Gasteiger partial charge in [0.25, 0.3) is 0 Å². The van der Waals surface area contributed by atoms with Crippen LogP contribution in [-0.2, 0) is 0 Å². The molecule has 1 rings (SSSR count). The van der Waals surface area contributed by atoms with Gasteiger partial charge < -0.3 is 0 Å². The fourth-order valence-corrected chi connectivity index (χ4v) is 0.974. The Morgan fingerprint density at radius 2 is 1.92 bits per heavy atom. The summed E-state index contributed by atoms with van der Waals surface area (Å²) in [7, 11) is 0. The summed E-state index contributed by atoms with van der Waals surface area (Å²) in [4.78, 5) is 0. The van der Waals surface area contributed by atoms with Crippen LogP contribution in [0.4, 0.5) is 0 Å². The predicted molar refractivity (Wildman–Crippen MR) is 50.5 cm³/mol. The van der Waals surface area contributed by atoms with E-state index in [1.165, 1.54) is 11.1 Å². The summed E-state index contributed by atoms with van der Waals surface area (Å²) in [5, 5.41) is 8.56. The van der Waals surface area contributed by atoms with Crippen LogP contribution >= 0.6 is 0 Å². The third-order valence-electron chi connectivity index (χ3n) is 1.90. The van der Waals surface area contributed by atoms with E-state index >= 15 is 0 Å². The molecule has 0 radical (unpaired) electrons. The lowest BCUT2D eigenvalue weighted by atomic mass is 10.1. The number of rotatable bonds is 1. The molecule has 1 heteroatoms. The van der Waals surface area contributed by atoms with Crippen molar-refractivity contribution in [3.05, 3.63) is 41.5 Å². The van der Waals surface area contributed by atoms with Crippen LogP contribution in [0.2, 0.25) is 0 Å². The maximum Gasteiger partial charge on any atom is 0.0991 e. The van der Waals surface area contributed by atoms with E-state index in [4.69, 9.17) is 5.26 Å². The molecule has 1 aromatic rings. The lowest BCUT2D eigenvalue weighted by molar-refractivity contribution is 1.46. The molecule has 0 aliphatic heterocycles. The molecular formula is C11H11N. The summed E-state index contributed by atoms with van der Waals surface area (Å²) in [5.41, 5.74) is 3.12. The van der Waals surface area contributed by atoms with Crippen molar-refractivity contribution in [2.45, 2.75) is 13.8 Å². The third kappa shape index (κ3) is 1.73. The van der Waals surface area contributed by atoms with Gasteiger partial charge in [-0.25, -0.2) is 0 Å². The minimum absolute atomic E-state index is 0.711. The second kappa shape index (κ2) is 3.73. The number of allylic oxidation sites excluding steroid dienone is 2. The summed E-state index contributed by atoms with van der Waals surface area (Å²) >= 11 is 0. The highest BCUT2D eigenvalue weighted by Gasteiger charge is 1.93. The zero-order valence-electron chi connectivity index (χ0n) is 7.33. The Kier molecular flexibility index (Phi) is 2.66. The Bertz CT molecular complexity index is 325. The van der Waals surface area contributed by atoms with Gasteiger partial charge in [-0.1, -0.05) is 18.2 Å². The van der Waals surface area contributed by atoms with E-state index in [0.29, 0.717) is 5.56 Å². The molecule has 60 valence electrons. The highest BCUT2D eigenvalue weighted by atomic mass is 14.2. The summed E-state index contributed by atoms with van der Waals surface area (Å²) in [5.74, 6) is 0. The van der Waals surface area contributed by atoms with Crippen LogP contribution in [0.1, 0.15) is 25.0 Å². The number of nitriles is 1. The first-order chi connectivity index (χ1) is 5.77. The van der Waals surface area contributed by atoms with Crippen molar-refractivity contribution in [3.63, 3.8) is 0 Å². The molecule has 0 heterocycles. The highest BCUT2D eigenvalue weighted by Crippen LogP contribution is 2.13. The van der Waals surface area contributed by atoms with E-state index < -0.39 is 0 Å². The van der Waals surface area contributed by atoms with Gasteiger partial charge in [-0.2, -0.15) is 5.26 Å². The van der Waals surface area contributed by atoms with E-state index in [9.17, 15) is 0 Å². The second-order valence-corrected chi connectivity index (χ2v) is 2.66. The smallest absolute Gasteiger partial charge is 0.0991 e. The van der Waals surface area contributed by atoms with Crippen LogP contribution in [0.5, 0.6) is 0 Å². The number of benzene rings is 1. The quantitative estimate of drug-likeness (QED) is 0.614. The van der Waals surface area contributed by atoms with Crippen LogP contribution in [-0.4, -0.2) is 0 Å². The Labute approximate surface area is 73.0 Å². The van der Waals surface area contributed by atoms with Crippen molar-refractivity contribution in [2.75, 3.05) is 0 Å². The Morgan fingerprint density at radius 1 is 1.33 bits per heavy atom. The van der Waals surface area contributed by atoms with E-state index in [1.807, 2.05) is 31.2 Å². The Morgan fingerprint density at radius 3 is 2.33 bits per heavy atom. The zero-order valence-corrected chi connectivity index (χ0v) is 7.33. The molecule has 0 spiro atoms. The highest BCUT2D eigenvalue weighted by molar-refractivity contribution is 5.63. The molecule has 1 nitrogen and oxygen atoms in total. The summed E-state index contributed by atoms with van der Waals surface area (Å²) < 4.78 is 0. The van der Waals surface area contributed by atoms with Crippen molar-refractivity contribution >= 4 is 5.57 Å². The molecule has 0 unspecified atom stereocenters. The van der Waals surface area contributed by atoms with E-state index in [1.54, 1.807) is 0 Å². The molecule has 0 fully saturated rings. The van der Waals surface area contributed by atoms with Gasteiger partial charge in [-0.05, 0) is 37.1 Å². The SMILES string of the molecule is C/C=C(\C)c1ccc(C#N)cc1. The maximum absolute atomic E-state index is 8.56. The third-order valence-corrected chi connectivity index (χ3v) is 1.90. The second-order valence-electron chi connectivity index (χ2n) is 2.66. The fraction of sp³-hybridized carbons (Fsp3) is 0.182. The summed E-state index contributed by atoms with van der Waals surface area (Å²) in [6.45, 7) is 4.06. The van der Waals surface area contributed by atoms with Crippen LogP contribution in [0.25, 0.3) is 5.57 Å². The van der Waals surface area contributed by atoms with Gasteiger partial charge in [0.05, 0.1) is 11.6 Å². The van der Waals surface area contributed by atoms with E-state index in [2.05, 4.69) is 19.1 Å². The first-order valence-corrected chi connectivity index (χ1v) is 3.91. The topological polar surface area (TPSA) is 23.8 Å². The van der Waals surface area contributed by atoms with Gasteiger partial charge in [0.2, 0.25) is 0 Å². The maximum atomic E-state index is 8.56. The summed E-state index contributed by atoms with van der Waals surface area (Å²) in [6, 6.07) is 9.70. The first kappa shape index (κ1) is 8.55. The number of nitrogens with zero attached hydrogens (tertiary/aromatic N) is 1. The average Bonchev–Trinajstić information content (AvgIpc) is 2.17. The molecule has 1 aromatic carbocycles. The molecule has 0 atom stereocenters. The van der Waals surface area contributed by atoms with E-state index in [-0.39, 0.29) is 0 Å². The monoisotopic (exact) mass is 157 g/mol. The number of hydrogen-bond donors (Lipinski definition) is 0. The molecule has 12 heavy (non-hydrogen) atoms. The van der Waals surface area contributed by atoms with Crippen molar-refractivity contribution in [2.24, 2.45) is 0 Å². The minimum atomic E-state index is 0.711. The van der Waals surface area contributed by atoms with Crippen LogP contribution in [0.15, 0.2) is 30.3 Å². The molecule has 0 N–H and O–H groups in total. The van der Waals surface area contributed by atoms with Gasteiger partial charge >= 0.3 is 0 Å². The molecule has 0 aliphatic rings.